The number of nitrogens with one attached hydrogen (secondary N) is 1. The third-order valence-corrected chi connectivity index (χ3v) is 4.46. The van der Waals surface area contributed by atoms with Crippen LogP contribution in [0.4, 0.5) is 0 Å². The number of ether oxygens (including phenoxy) is 2. The fraction of sp³-hybridized carbons (Fsp3) is 0.211. The van der Waals surface area contributed by atoms with Gasteiger partial charge in [-0.2, -0.15) is 0 Å². The van der Waals surface area contributed by atoms with Crippen LogP contribution < -0.4 is 9.47 Å². The van der Waals surface area contributed by atoms with E-state index >= 15 is 0 Å². The molecule has 0 fully saturated rings. The van der Waals surface area contributed by atoms with Gasteiger partial charge in [0.2, 0.25) is 6.79 Å². The standard InChI is InChI=1S/C19H17NO4/c1-10-3-4-11(2)18-17(10)13(8-16(21)22)19(20-18)12-5-6-14-15(7-12)24-9-23-14/h3-7,20H,8-9H2,1-2H3,(H,21,22). The van der Waals surface area contributed by atoms with E-state index in [1.807, 2.05) is 44.2 Å². The minimum absolute atomic E-state index is 0.0337. The Kier molecular flexibility index (Phi) is 3.23. The molecule has 2 N–H and O–H groups in total. The second kappa shape index (κ2) is 5.30. The first-order chi connectivity index (χ1) is 11.5. The van der Waals surface area contributed by atoms with Crippen LogP contribution in [0.25, 0.3) is 22.2 Å². The van der Waals surface area contributed by atoms with Gasteiger partial charge in [-0.25, -0.2) is 0 Å². The SMILES string of the molecule is Cc1ccc(C)c2c(CC(=O)O)c(-c3ccc4c(c3)OCO4)[nH]c12. The van der Waals surface area contributed by atoms with E-state index in [0.717, 1.165) is 38.9 Å². The molecule has 0 atom stereocenters. The van der Waals surface area contributed by atoms with Crippen molar-refractivity contribution >= 4 is 16.9 Å². The van der Waals surface area contributed by atoms with Crippen LogP contribution in [-0.4, -0.2) is 22.9 Å². The zero-order valence-corrected chi connectivity index (χ0v) is 13.5. The highest BCUT2D eigenvalue weighted by Gasteiger charge is 2.21. The first-order valence-electron chi connectivity index (χ1n) is 7.77. The smallest absolute Gasteiger partial charge is 0.307 e. The fourth-order valence-corrected chi connectivity index (χ4v) is 3.31. The highest BCUT2D eigenvalue weighted by molar-refractivity contribution is 5.97. The number of benzene rings is 2. The molecule has 3 aromatic rings. The van der Waals surface area contributed by atoms with Crippen molar-refractivity contribution in [1.82, 2.24) is 4.98 Å². The molecule has 0 unspecified atom stereocenters. The zero-order chi connectivity index (χ0) is 16.8. The number of hydrogen-bond donors (Lipinski definition) is 2. The van der Waals surface area contributed by atoms with Crippen LogP contribution in [0, 0.1) is 13.8 Å². The number of aryl methyl sites for hydroxylation is 2. The molecule has 1 aromatic heterocycles. The second-order valence-electron chi connectivity index (χ2n) is 6.07. The topological polar surface area (TPSA) is 71.6 Å². The van der Waals surface area contributed by atoms with E-state index in [-0.39, 0.29) is 13.2 Å². The monoisotopic (exact) mass is 323 g/mol. The maximum Gasteiger partial charge on any atom is 0.307 e. The highest BCUT2D eigenvalue weighted by Crippen LogP contribution is 2.39. The van der Waals surface area contributed by atoms with E-state index in [0.29, 0.717) is 11.5 Å². The maximum absolute atomic E-state index is 11.4. The van der Waals surface area contributed by atoms with Crippen molar-refractivity contribution in [3.8, 4) is 22.8 Å². The quantitative estimate of drug-likeness (QED) is 0.769. The molecule has 4 rings (SSSR count). The van der Waals surface area contributed by atoms with Crippen LogP contribution in [0.5, 0.6) is 11.5 Å². The lowest BCUT2D eigenvalue weighted by Gasteiger charge is -2.05. The van der Waals surface area contributed by atoms with E-state index in [1.165, 1.54) is 0 Å². The lowest BCUT2D eigenvalue weighted by molar-refractivity contribution is -0.136. The Morgan fingerprint density at radius 3 is 2.67 bits per heavy atom. The number of carboxylic acid groups (broad SMARTS) is 1. The number of hydrogen-bond acceptors (Lipinski definition) is 3. The van der Waals surface area contributed by atoms with Gasteiger partial charge >= 0.3 is 5.97 Å². The van der Waals surface area contributed by atoms with Crippen LogP contribution in [0.15, 0.2) is 30.3 Å². The van der Waals surface area contributed by atoms with Gasteiger partial charge in [0.15, 0.2) is 11.5 Å². The molecular formula is C19H17NO4. The molecule has 1 aliphatic rings. The van der Waals surface area contributed by atoms with Gasteiger partial charge in [-0.15, -0.1) is 0 Å². The Morgan fingerprint density at radius 2 is 1.88 bits per heavy atom. The molecule has 5 nitrogen and oxygen atoms in total. The molecule has 24 heavy (non-hydrogen) atoms. The second-order valence-corrected chi connectivity index (χ2v) is 6.07. The van der Waals surface area contributed by atoms with Gasteiger partial charge in [0.25, 0.3) is 0 Å². The van der Waals surface area contributed by atoms with Gasteiger partial charge in [0, 0.05) is 16.5 Å². The van der Waals surface area contributed by atoms with Gasteiger partial charge < -0.3 is 19.6 Å². The summed E-state index contributed by atoms with van der Waals surface area (Å²) in [5.74, 6) is 0.543. The molecule has 2 aromatic carbocycles. The Bertz CT molecular complexity index is 971. The van der Waals surface area contributed by atoms with Crippen molar-refractivity contribution in [3.63, 3.8) is 0 Å². The minimum atomic E-state index is -0.848. The lowest BCUT2D eigenvalue weighted by atomic mass is 9.98. The summed E-state index contributed by atoms with van der Waals surface area (Å²) in [6, 6.07) is 9.74. The van der Waals surface area contributed by atoms with Crippen molar-refractivity contribution in [3.05, 3.63) is 47.0 Å². The molecule has 0 saturated carbocycles. The van der Waals surface area contributed by atoms with Crippen molar-refractivity contribution in [2.24, 2.45) is 0 Å². The van der Waals surface area contributed by atoms with Gasteiger partial charge in [-0.05, 0) is 48.7 Å². The summed E-state index contributed by atoms with van der Waals surface area (Å²) in [4.78, 5) is 14.8. The van der Waals surface area contributed by atoms with E-state index in [9.17, 15) is 9.90 Å². The normalized spacial score (nSPS) is 12.8. The maximum atomic E-state index is 11.4. The van der Waals surface area contributed by atoms with Gasteiger partial charge in [0.05, 0.1) is 12.1 Å². The van der Waals surface area contributed by atoms with E-state index in [2.05, 4.69) is 4.98 Å². The molecule has 122 valence electrons. The van der Waals surface area contributed by atoms with Crippen molar-refractivity contribution < 1.29 is 19.4 Å². The highest BCUT2D eigenvalue weighted by atomic mass is 16.7. The number of fused-ring (bicyclic) bond motifs is 2. The summed E-state index contributed by atoms with van der Waals surface area (Å²) in [5.41, 5.74) is 5.66. The summed E-state index contributed by atoms with van der Waals surface area (Å²) in [5, 5.41) is 10.4. The zero-order valence-electron chi connectivity index (χ0n) is 13.5. The molecule has 1 aliphatic heterocycles. The average molecular weight is 323 g/mol. The van der Waals surface area contributed by atoms with Crippen LogP contribution in [0.2, 0.25) is 0 Å². The van der Waals surface area contributed by atoms with Gasteiger partial charge in [-0.3, -0.25) is 4.79 Å². The number of aromatic amines is 1. The fourth-order valence-electron chi connectivity index (χ4n) is 3.31. The van der Waals surface area contributed by atoms with Crippen molar-refractivity contribution in [2.45, 2.75) is 20.3 Å². The molecule has 2 heterocycles. The third-order valence-electron chi connectivity index (χ3n) is 4.46. The first-order valence-corrected chi connectivity index (χ1v) is 7.77. The number of carbonyl (C=O) groups is 1. The van der Waals surface area contributed by atoms with Crippen molar-refractivity contribution in [2.75, 3.05) is 6.79 Å². The average Bonchev–Trinajstić information content (AvgIpc) is 3.15. The summed E-state index contributed by atoms with van der Waals surface area (Å²) < 4.78 is 10.8. The summed E-state index contributed by atoms with van der Waals surface area (Å²) in [7, 11) is 0. The lowest BCUT2D eigenvalue weighted by Crippen LogP contribution is -2.01. The molecule has 0 aliphatic carbocycles. The predicted octanol–water partition coefficient (Wildman–Crippen LogP) is 3.81. The molecular weight excluding hydrogens is 306 g/mol. The van der Waals surface area contributed by atoms with Gasteiger partial charge in [-0.1, -0.05) is 12.1 Å². The molecule has 5 heteroatoms. The first kappa shape index (κ1) is 14.6. The van der Waals surface area contributed by atoms with Crippen LogP contribution in [0.3, 0.4) is 0 Å². The number of carboxylic acids is 1. The number of aromatic nitrogens is 1. The summed E-state index contributed by atoms with van der Waals surface area (Å²) in [6.45, 7) is 4.24. The Balaban J connectivity index is 1.99. The molecule has 0 saturated heterocycles. The third kappa shape index (κ3) is 2.21. The molecule has 0 bridgehead atoms. The number of H-pyrrole nitrogens is 1. The summed E-state index contributed by atoms with van der Waals surface area (Å²) in [6.07, 6.45) is -0.0337. The Labute approximate surface area is 138 Å². The largest absolute Gasteiger partial charge is 0.481 e. The van der Waals surface area contributed by atoms with E-state index in [1.54, 1.807) is 0 Å². The molecule has 0 radical (unpaired) electrons. The molecule has 0 spiro atoms. The Morgan fingerprint density at radius 1 is 1.12 bits per heavy atom. The Hall–Kier alpha value is -2.95. The van der Waals surface area contributed by atoms with Crippen LogP contribution >= 0.6 is 0 Å². The van der Waals surface area contributed by atoms with Crippen LogP contribution in [0.1, 0.15) is 16.7 Å². The van der Waals surface area contributed by atoms with Crippen molar-refractivity contribution in [1.29, 1.82) is 0 Å². The minimum Gasteiger partial charge on any atom is -0.481 e. The summed E-state index contributed by atoms with van der Waals surface area (Å²) >= 11 is 0. The van der Waals surface area contributed by atoms with E-state index in [4.69, 9.17) is 9.47 Å². The molecule has 0 amide bonds. The van der Waals surface area contributed by atoms with E-state index < -0.39 is 5.97 Å². The number of aliphatic carboxylic acids is 1. The van der Waals surface area contributed by atoms with Gasteiger partial charge in [0.1, 0.15) is 0 Å². The van der Waals surface area contributed by atoms with Crippen LogP contribution in [-0.2, 0) is 11.2 Å². The predicted molar refractivity (Wildman–Crippen MR) is 90.7 cm³/mol. The number of rotatable bonds is 3.